The zero-order valence-corrected chi connectivity index (χ0v) is 11.6. The third-order valence-electron chi connectivity index (χ3n) is 2.72. The van der Waals surface area contributed by atoms with Crippen LogP contribution >= 0.6 is 12.4 Å². The Bertz CT molecular complexity index is 437. The Morgan fingerprint density at radius 1 is 1.21 bits per heavy atom. The van der Waals surface area contributed by atoms with Gasteiger partial charge in [0.1, 0.15) is 5.82 Å². The maximum atomic E-state index is 12.6. The summed E-state index contributed by atoms with van der Waals surface area (Å²) in [7, 11) is 0. The van der Waals surface area contributed by atoms with Crippen LogP contribution in [0.4, 0.5) is 13.2 Å². The molecule has 5 nitrogen and oxygen atoms in total. The van der Waals surface area contributed by atoms with Gasteiger partial charge in [-0.1, -0.05) is 0 Å². The minimum atomic E-state index is -4.44. The van der Waals surface area contributed by atoms with Crippen molar-refractivity contribution in [3.63, 3.8) is 0 Å². The van der Waals surface area contributed by atoms with E-state index in [-0.39, 0.29) is 24.5 Å². The normalized spacial score (nSPS) is 16.9. The van der Waals surface area contributed by atoms with Gasteiger partial charge in [0.05, 0.1) is 6.54 Å². The molecule has 1 aromatic rings. The topological polar surface area (TPSA) is 60.0 Å². The van der Waals surface area contributed by atoms with Crippen molar-refractivity contribution >= 4 is 12.4 Å². The van der Waals surface area contributed by atoms with Crippen molar-refractivity contribution in [3.05, 3.63) is 11.6 Å². The molecular formula is C10H17ClF3N5. The van der Waals surface area contributed by atoms with E-state index >= 15 is 0 Å². The quantitative estimate of drug-likeness (QED) is 0.893. The molecule has 0 saturated heterocycles. The summed E-state index contributed by atoms with van der Waals surface area (Å²) < 4.78 is 39.0. The lowest BCUT2D eigenvalue weighted by molar-refractivity contribution is -0.148. The predicted molar refractivity (Wildman–Crippen MR) is 65.8 cm³/mol. The molecule has 0 atom stereocenters. The van der Waals surface area contributed by atoms with Crippen LogP contribution in [-0.4, -0.2) is 38.3 Å². The summed E-state index contributed by atoms with van der Waals surface area (Å²) in [5.74, 6) is -0.568. The maximum Gasteiger partial charge on any atom is 0.451 e. The van der Waals surface area contributed by atoms with Crippen LogP contribution < -0.4 is 5.73 Å². The van der Waals surface area contributed by atoms with Crippen LogP contribution in [0.1, 0.15) is 25.5 Å². The van der Waals surface area contributed by atoms with Crippen LogP contribution in [0.25, 0.3) is 0 Å². The molecule has 1 aliphatic rings. The van der Waals surface area contributed by atoms with Crippen molar-refractivity contribution in [2.75, 3.05) is 13.1 Å². The largest absolute Gasteiger partial charge is 0.451 e. The molecule has 9 heteroatoms. The average molecular weight is 300 g/mol. The second kappa shape index (κ2) is 5.26. The SMILES string of the molecule is CC(C)(N)CN1CCn2c(nnc2C(F)(F)F)C1.Cl. The first-order valence-electron chi connectivity index (χ1n) is 5.67. The van der Waals surface area contributed by atoms with Crippen molar-refractivity contribution in [2.24, 2.45) is 5.73 Å². The van der Waals surface area contributed by atoms with E-state index in [4.69, 9.17) is 5.73 Å². The molecule has 2 heterocycles. The molecule has 0 bridgehead atoms. The first-order valence-corrected chi connectivity index (χ1v) is 5.67. The number of rotatable bonds is 2. The molecule has 0 aliphatic carbocycles. The van der Waals surface area contributed by atoms with Gasteiger partial charge in [-0.3, -0.25) is 4.90 Å². The molecule has 0 unspecified atom stereocenters. The highest BCUT2D eigenvalue weighted by Gasteiger charge is 2.39. The Morgan fingerprint density at radius 2 is 1.84 bits per heavy atom. The van der Waals surface area contributed by atoms with E-state index in [0.29, 0.717) is 25.5 Å². The highest BCUT2D eigenvalue weighted by Crippen LogP contribution is 2.29. The molecule has 19 heavy (non-hydrogen) atoms. The van der Waals surface area contributed by atoms with Gasteiger partial charge in [-0.2, -0.15) is 13.2 Å². The van der Waals surface area contributed by atoms with Crippen LogP contribution in [-0.2, 0) is 19.3 Å². The summed E-state index contributed by atoms with van der Waals surface area (Å²) >= 11 is 0. The molecule has 1 aliphatic heterocycles. The maximum absolute atomic E-state index is 12.6. The van der Waals surface area contributed by atoms with E-state index in [1.54, 1.807) is 0 Å². The van der Waals surface area contributed by atoms with Gasteiger partial charge >= 0.3 is 6.18 Å². The highest BCUT2D eigenvalue weighted by molar-refractivity contribution is 5.85. The number of aromatic nitrogens is 3. The van der Waals surface area contributed by atoms with Crippen molar-refractivity contribution in [1.29, 1.82) is 0 Å². The number of nitrogens with two attached hydrogens (primary N) is 1. The molecule has 110 valence electrons. The first kappa shape index (κ1) is 16.2. The van der Waals surface area contributed by atoms with Crippen LogP contribution in [0.3, 0.4) is 0 Å². The van der Waals surface area contributed by atoms with Gasteiger partial charge < -0.3 is 10.3 Å². The number of alkyl halides is 3. The molecule has 2 rings (SSSR count). The molecule has 0 radical (unpaired) electrons. The Hall–Kier alpha value is -0.860. The fourth-order valence-electron chi connectivity index (χ4n) is 2.13. The third-order valence-corrected chi connectivity index (χ3v) is 2.72. The molecule has 0 spiro atoms. The molecule has 1 aromatic heterocycles. The van der Waals surface area contributed by atoms with Crippen LogP contribution in [0.15, 0.2) is 0 Å². The van der Waals surface area contributed by atoms with Gasteiger partial charge in [-0.25, -0.2) is 0 Å². The first-order chi connectivity index (χ1) is 8.17. The van der Waals surface area contributed by atoms with Crippen LogP contribution in [0.2, 0.25) is 0 Å². The average Bonchev–Trinajstić information content (AvgIpc) is 2.56. The number of fused-ring (bicyclic) bond motifs is 1. The lowest BCUT2D eigenvalue weighted by Gasteiger charge is -2.32. The molecule has 0 saturated carbocycles. The van der Waals surface area contributed by atoms with Gasteiger partial charge in [0.25, 0.3) is 0 Å². The van der Waals surface area contributed by atoms with Gasteiger partial charge in [0.15, 0.2) is 0 Å². The zero-order chi connectivity index (χ0) is 13.6. The van der Waals surface area contributed by atoms with Crippen molar-refractivity contribution in [1.82, 2.24) is 19.7 Å². The summed E-state index contributed by atoms with van der Waals surface area (Å²) in [4.78, 5) is 1.99. The minimum Gasteiger partial charge on any atom is -0.324 e. The Kier molecular flexibility index (Phi) is 4.48. The Morgan fingerprint density at radius 3 is 2.37 bits per heavy atom. The fraction of sp³-hybridized carbons (Fsp3) is 0.800. The predicted octanol–water partition coefficient (Wildman–Crippen LogP) is 1.27. The fourth-order valence-corrected chi connectivity index (χ4v) is 2.13. The van der Waals surface area contributed by atoms with Crippen LogP contribution in [0.5, 0.6) is 0 Å². The van der Waals surface area contributed by atoms with E-state index in [1.165, 1.54) is 0 Å². The summed E-state index contributed by atoms with van der Waals surface area (Å²) in [5, 5.41) is 6.84. The van der Waals surface area contributed by atoms with Crippen molar-refractivity contribution in [2.45, 2.75) is 38.7 Å². The smallest absolute Gasteiger partial charge is 0.324 e. The second-order valence-corrected chi connectivity index (χ2v) is 5.29. The van der Waals surface area contributed by atoms with Gasteiger partial charge in [-0.15, -0.1) is 22.6 Å². The molecule has 0 amide bonds. The number of hydrogen-bond acceptors (Lipinski definition) is 4. The van der Waals surface area contributed by atoms with Crippen molar-refractivity contribution < 1.29 is 13.2 Å². The second-order valence-electron chi connectivity index (χ2n) is 5.29. The highest BCUT2D eigenvalue weighted by atomic mass is 35.5. The number of nitrogens with zero attached hydrogens (tertiary/aromatic N) is 4. The Labute approximate surface area is 115 Å². The number of hydrogen-bond donors (Lipinski definition) is 1. The molecule has 0 fully saturated rings. The van der Waals surface area contributed by atoms with Gasteiger partial charge in [0.2, 0.25) is 5.82 Å². The monoisotopic (exact) mass is 299 g/mol. The minimum absolute atomic E-state index is 0. The third kappa shape index (κ3) is 3.80. The van der Waals surface area contributed by atoms with E-state index in [1.807, 2.05) is 18.7 Å². The Balaban J connectivity index is 0.00000180. The summed E-state index contributed by atoms with van der Waals surface area (Å²) in [6, 6.07) is 0. The molecule has 2 N–H and O–H groups in total. The van der Waals surface area contributed by atoms with E-state index in [2.05, 4.69) is 10.2 Å². The van der Waals surface area contributed by atoms with Gasteiger partial charge in [0, 0.05) is 25.2 Å². The zero-order valence-electron chi connectivity index (χ0n) is 10.7. The van der Waals surface area contributed by atoms with E-state index < -0.39 is 12.0 Å². The lowest BCUT2D eigenvalue weighted by atomic mass is 10.1. The standard InChI is InChI=1S/C10H16F3N5.ClH/c1-9(2,14)6-17-3-4-18-7(5-17)15-16-8(18)10(11,12)13;/h3-6,14H2,1-2H3;1H. The summed E-state index contributed by atoms with van der Waals surface area (Å²) in [6.07, 6.45) is -4.44. The summed E-state index contributed by atoms with van der Waals surface area (Å²) in [5.41, 5.74) is 5.52. The van der Waals surface area contributed by atoms with E-state index in [0.717, 1.165) is 4.57 Å². The van der Waals surface area contributed by atoms with E-state index in [9.17, 15) is 13.2 Å². The summed E-state index contributed by atoms with van der Waals surface area (Å²) in [6.45, 7) is 5.49. The molecular weight excluding hydrogens is 283 g/mol. The van der Waals surface area contributed by atoms with Gasteiger partial charge in [-0.05, 0) is 13.8 Å². The van der Waals surface area contributed by atoms with Crippen molar-refractivity contribution in [3.8, 4) is 0 Å². The lowest BCUT2D eigenvalue weighted by Crippen LogP contribution is -2.47. The van der Waals surface area contributed by atoms with Crippen LogP contribution in [0, 0.1) is 0 Å². The number of halogens is 4. The molecule has 0 aromatic carbocycles.